The molecule has 1 aliphatic rings. The Morgan fingerprint density at radius 1 is 1.19 bits per heavy atom. The molecule has 0 bridgehead atoms. The van der Waals surface area contributed by atoms with Crippen molar-refractivity contribution in [3.05, 3.63) is 29.8 Å². The number of nitrogens with zero attached hydrogens (tertiary/aromatic N) is 1. The number of hydrogen-bond acceptors (Lipinski definition) is 3. The molecule has 1 atom stereocenters. The fraction of sp³-hybridized carbons (Fsp3) is 0.667. The summed E-state index contributed by atoms with van der Waals surface area (Å²) in [4.78, 5) is 2.58. The first-order valence-corrected chi connectivity index (χ1v) is 8.13. The Morgan fingerprint density at radius 3 is 2.29 bits per heavy atom. The van der Waals surface area contributed by atoms with Gasteiger partial charge in [-0.3, -0.25) is 4.90 Å². The molecule has 2 N–H and O–H groups in total. The lowest BCUT2D eigenvalue weighted by atomic mass is 9.97. The summed E-state index contributed by atoms with van der Waals surface area (Å²) in [5.74, 6) is 0.342. The number of phenolic OH excluding ortho intramolecular Hbond substituents is 1. The van der Waals surface area contributed by atoms with Gasteiger partial charge in [-0.05, 0) is 64.7 Å². The quantitative estimate of drug-likeness (QED) is 0.894. The number of phenols is 1. The Kier molecular flexibility index (Phi) is 5.28. The zero-order valence-electron chi connectivity index (χ0n) is 13.9. The van der Waals surface area contributed by atoms with Gasteiger partial charge in [0.1, 0.15) is 5.75 Å². The summed E-state index contributed by atoms with van der Waals surface area (Å²) < 4.78 is 0. The lowest BCUT2D eigenvalue weighted by Gasteiger charge is -2.41. The maximum atomic E-state index is 9.32. The van der Waals surface area contributed by atoms with Crippen LogP contribution in [0.2, 0.25) is 0 Å². The van der Waals surface area contributed by atoms with Crippen LogP contribution in [-0.4, -0.2) is 40.7 Å². The van der Waals surface area contributed by atoms with E-state index in [4.69, 9.17) is 0 Å². The summed E-state index contributed by atoms with van der Waals surface area (Å²) in [6.45, 7) is 11.5. The topological polar surface area (TPSA) is 35.5 Å². The molecule has 2 rings (SSSR count). The van der Waals surface area contributed by atoms with Gasteiger partial charge in [-0.2, -0.15) is 0 Å². The molecule has 21 heavy (non-hydrogen) atoms. The van der Waals surface area contributed by atoms with Gasteiger partial charge >= 0.3 is 0 Å². The molecule has 1 unspecified atom stereocenters. The monoisotopic (exact) mass is 290 g/mol. The molecule has 3 heteroatoms. The highest BCUT2D eigenvalue weighted by Crippen LogP contribution is 2.20. The van der Waals surface area contributed by atoms with Crippen molar-refractivity contribution in [2.75, 3.05) is 13.1 Å². The van der Waals surface area contributed by atoms with E-state index in [2.05, 4.69) is 37.9 Å². The summed E-state index contributed by atoms with van der Waals surface area (Å²) >= 11 is 0. The Labute approximate surface area is 129 Å². The van der Waals surface area contributed by atoms with Gasteiger partial charge in [0.2, 0.25) is 0 Å². The number of benzene rings is 1. The Balaban J connectivity index is 1.76. The van der Waals surface area contributed by atoms with Crippen molar-refractivity contribution in [1.82, 2.24) is 10.2 Å². The highest BCUT2D eigenvalue weighted by atomic mass is 16.3. The van der Waals surface area contributed by atoms with E-state index in [1.165, 1.54) is 31.5 Å². The molecule has 0 amide bonds. The van der Waals surface area contributed by atoms with E-state index in [9.17, 15) is 5.11 Å². The van der Waals surface area contributed by atoms with Gasteiger partial charge in [0.15, 0.2) is 0 Å². The number of hydrogen-bond donors (Lipinski definition) is 2. The summed E-state index contributed by atoms with van der Waals surface area (Å²) in [7, 11) is 0. The first-order chi connectivity index (χ1) is 9.84. The molecule has 0 aliphatic carbocycles. The van der Waals surface area contributed by atoms with Gasteiger partial charge < -0.3 is 10.4 Å². The van der Waals surface area contributed by atoms with E-state index < -0.39 is 0 Å². The van der Waals surface area contributed by atoms with Crippen LogP contribution in [0.25, 0.3) is 0 Å². The third kappa shape index (κ3) is 5.01. The van der Waals surface area contributed by atoms with Crippen molar-refractivity contribution in [2.45, 2.75) is 64.6 Å². The zero-order valence-corrected chi connectivity index (χ0v) is 13.9. The van der Waals surface area contributed by atoms with Crippen LogP contribution in [0.15, 0.2) is 24.3 Å². The largest absolute Gasteiger partial charge is 0.508 e. The summed E-state index contributed by atoms with van der Waals surface area (Å²) in [6, 6.07) is 8.66. The van der Waals surface area contributed by atoms with Gasteiger partial charge in [0, 0.05) is 30.7 Å². The van der Waals surface area contributed by atoms with Crippen molar-refractivity contribution in [3.63, 3.8) is 0 Å². The zero-order chi connectivity index (χ0) is 15.5. The fourth-order valence-electron chi connectivity index (χ4n) is 3.16. The van der Waals surface area contributed by atoms with Crippen molar-refractivity contribution >= 4 is 0 Å². The molecule has 1 saturated heterocycles. The van der Waals surface area contributed by atoms with E-state index in [0.717, 1.165) is 6.42 Å². The summed E-state index contributed by atoms with van der Waals surface area (Å²) in [6.07, 6.45) is 3.48. The molecule has 1 aromatic carbocycles. The molecule has 1 aliphatic heterocycles. The van der Waals surface area contributed by atoms with Gasteiger partial charge in [0.25, 0.3) is 0 Å². The number of likely N-dealkylation sites (tertiary alicyclic amines) is 1. The Morgan fingerprint density at radius 2 is 1.76 bits per heavy atom. The third-order valence-electron chi connectivity index (χ3n) is 4.44. The van der Waals surface area contributed by atoms with Gasteiger partial charge in [0.05, 0.1) is 0 Å². The van der Waals surface area contributed by atoms with E-state index in [1.54, 1.807) is 12.1 Å². The van der Waals surface area contributed by atoms with Crippen molar-refractivity contribution in [1.29, 1.82) is 0 Å². The SMILES string of the molecule is CC(Cc1ccc(O)cc1)NC1CCN(C(C)(C)C)CC1. The van der Waals surface area contributed by atoms with Crippen LogP contribution < -0.4 is 5.32 Å². The van der Waals surface area contributed by atoms with Gasteiger partial charge in [-0.1, -0.05) is 12.1 Å². The minimum Gasteiger partial charge on any atom is -0.508 e. The molecular formula is C18H30N2O. The van der Waals surface area contributed by atoms with Crippen LogP contribution in [0.1, 0.15) is 46.1 Å². The fourth-order valence-corrected chi connectivity index (χ4v) is 3.16. The Bertz CT molecular complexity index is 428. The molecule has 0 radical (unpaired) electrons. The van der Waals surface area contributed by atoms with Crippen molar-refractivity contribution in [2.24, 2.45) is 0 Å². The van der Waals surface area contributed by atoms with E-state index in [0.29, 0.717) is 23.4 Å². The van der Waals surface area contributed by atoms with Crippen LogP contribution in [0, 0.1) is 0 Å². The van der Waals surface area contributed by atoms with E-state index in [1.807, 2.05) is 12.1 Å². The number of piperidine rings is 1. The average molecular weight is 290 g/mol. The highest BCUT2D eigenvalue weighted by Gasteiger charge is 2.27. The Hall–Kier alpha value is -1.06. The highest BCUT2D eigenvalue weighted by molar-refractivity contribution is 5.26. The predicted octanol–water partition coefficient (Wildman–Crippen LogP) is 3.18. The smallest absolute Gasteiger partial charge is 0.115 e. The first kappa shape index (κ1) is 16.3. The maximum Gasteiger partial charge on any atom is 0.115 e. The normalized spacial score (nSPS) is 19.6. The van der Waals surface area contributed by atoms with Crippen LogP contribution >= 0.6 is 0 Å². The van der Waals surface area contributed by atoms with Crippen molar-refractivity contribution in [3.8, 4) is 5.75 Å². The summed E-state index contributed by atoms with van der Waals surface area (Å²) in [5.41, 5.74) is 1.57. The average Bonchev–Trinajstić information content (AvgIpc) is 2.41. The lowest BCUT2D eigenvalue weighted by Crippen LogP contribution is -2.51. The number of nitrogens with one attached hydrogen (secondary N) is 1. The second-order valence-corrected chi connectivity index (χ2v) is 7.37. The minimum atomic E-state index is 0.294. The van der Waals surface area contributed by atoms with Crippen LogP contribution in [0.3, 0.4) is 0 Å². The van der Waals surface area contributed by atoms with Crippen LogP contribution in [-0.2, 0) is 6.42 Å². The first-order valence-electron chi connectivity index (χ1n) is 8.13. The van der Waals surface area contributed by atoms with Crippen LogP contribution in [0.4, 0.5) is 0 Å². The number of rotatable bonds is 4. The minimum absolute atomic E-state index is 0.294. The van der Waals surface area contributed by atoms with E-state index in [-0.39, 0.29) is 0 Å². The summed E-state index contributed by atoms with van der Waals surface area (Å²) in [5, 5.41) is 13.1. The number of aromatic hydroxyl groups is 1. The standard InChI is InChI=1S/C18H30N2O/c1-14(13-15-5-7-17(21)8-6-15)19-16-9-11-20(12-10-16)18(2,3)4/h5-8,14,16,19,21H,9-13H2,1-4H3. The third-order valence-corrected chi connectivity index (χ3v) is 4.44. The van der Waals surface area contributed by atoms with Gasteiger partial charge in [-0.15, -0.1) is 0 Å². The van der Waals surface area contributed by atoms with E-state index >= 15 is 0 Å². The molecule has 0 saturated carbocycles. The van der Waals surface area contributed by atoms with Gasteiger partial charge in [-0.25, -0.2) is 0 Å². The molecule has 0 aromatic heterocycles. The molecule has 1 aromatic rings. The maximum absolute atomic E-state index is 9.32. The predicted molar refractivity (Wildman–Crippen MR) is 88.8 cm³/mol. The lowest BCUT2D eigenvalue weighted by molar-refractivity contribution is 0.0942. The van der Waals surface area contributed by atoms with Crippen LogP contribution in [0.5, 0.6) is 5.75 Å². The second kappa shape index (κ2) is 6.80. The molecule has 118 valence electrons. The molecule has 3 nitrogen and oxygen atoms in total. The molecule has 0 spiro atoms. The molecular weight excluding hydrogens is 260 g/mol. The molecule has 1 heterocycles. The second-order valence-electron chi connectivity index (χ2n) is 7.37. The van der Waals surface area contributed by atoms with Crippen molar-refractivity contribution < 1.29 is 5.11 Å². The molecule has 1 fully saturated rings.